The van der Waals surface area contributed by atoms with Crippen LogP contribution in [0.5, 0.6) is 11.6 Å². The third kappa shape index (κ3) is 6.55. The van der Waals surface area contributed by atoms with E-state index in [4.69, 9.17) is 23.3 Å². The molecular weight excluding hydrogens is 579 g/mol. The number of rotatable bonds is 12. The number of imidazole rings is 1. The van der Waals surface area contributed by atoms with Crippen molar-refractivity contribution in [2.24, 2.45) is 0 Å². The summed E-state index contributed by atoms with van der Waals surface area (Å²) >= 11 is 0. The normalized spacial score (nSPS) is 26.2. The van der Waals surface area contributed by atoms with Crippen molar-refractivity contribution in [2.45, 2.75) is 77.5 Å². The summed E-state index contributed by atoms with van der Waals surface area (Å²) in [5.74, 6) is -3.52. The van der Waals surface area contributed by atoms with Gasteiger partial charge in [-0.05, 0) is 53.7 Å². The lowest BCUT2D eigenvalue weighted by molar-refractivity contribution is -0.202. The molecule has 16 heteroatoms. The van der Waals surface area contributed by atoms with Crippen LogP contribution in [0.4, 0.5) is 8.78 Å². The highest BCUT2D eigenvalue weighted by molar-refractivity contribution is 7.52. The molecule has 0 saturated carbocycles. The van der Waals surface area contributed by atoms with Gasteiger partial charge in [-0.3, -0.25) is 13.9 Å². The number of aromatic nitrogens is 4. The van der Waals surface area contributed by atoms with E-state index in [1.54, 1.807) is 45.9 Å². The number of aliphatic hydroxyl groups is 1. The number of carbonyl (C=O) groups excluding carboxylic acids is 1. The molecule has 1 aliphatic rings. The maximum atomic E-state index is 16.2. The lowest BCUT2D eigenvalue weighted by Gasteiger charge is -2.28. The summed E-state index contributed by atoms with van der Waals surface area (Å²) in [5, 5.41) is 13.2. The zero-order chi connectivity index (χ0) is 30.9. The molecule has 4 rings (SSSR count). The number of aryl methyl sites for hydroxylation is 1. The Bertz CT molecular complexity index is 1460. The van der Waals surface area contributed by atoms with Gasteiger partial charge in [0.2, 0.25) is 5.88 Å². The van der Waals surface area contributed by atoms with Gasteiger partial charge in [-0.15, -0.1) is 0 Å². The molecule has 1 unspecified atom stereocenters. The van der Waals surface area contributed by atoms with Crippen LogP contribution in [-0.2, 0) is 23.4 Å². The number of alkyl halides is 2. The third-order valence-corrected chi connectivity index (χ3v) is 7.85. The largest absolute Gasteiger partial charge is 0.476 e. The molecule has 3 heterocycles. The van der Waals surface area contributed by atoms with Crippen LogP contribution >= 0.6 is 7.75 Å². The van der Waals surface area contributed by atoms with E-state index in [0.29, 0.717) is 0 Å². The molecule has 6 atom stereocenters. The van der Waals surface area contributed by atoms with E-state index in [2.05, 4.69) is 20.0 Å². The quantitative estimate of drug-likeness (QED) is 0.224. The average Bonchev–Trinajstić information content (AvgIpc) is 3.40. The van der Waals surface area contributed by atoms with Crippen molar-refractivity contribution in [1.29, 1.82) is 0 Å². The van der Waals surface area contributed by atoms with Crippen LogP contribution in [0.15, 0.2) is 36.7 Å². The minimum atomic E-state index is -4.56. The third-order valence-electron chi connectivity index (χ3n) is 6.23. The molecule has 0 radical (unpaired) electrons. The minimum Gasteiger partial charge on any atom is -0.476 e. The summed E-state index contributed by atoms with van der Waals surface area (Å²) in [6, 6.07) is 6.56. The number of para-hydroxylation sites is 1. The van der Waals surface area contributed by atoms with Crippen LogP contribution in [-0.4, -0.2) is 73.6 Å². The van der Waals surface area contributed by atoms with Crippen LogP contribution in [0.25, 0.3) is 11.2 Å². The predicted molar refractivity (Wildman–Crippen MR) is 145 cm³/mol. The Morgan fingerprint density at radius 3 is 2.57 bits per heavy atom. The summed E-state index contributed by atoms with van der Waals surface area (Å²) in [6.07, 6.45) is -3.51. The molecule has 2 aromatic heterocycles. The fraction of sp³-hybridized carbons (Fsp3) is 0.538. The molecule has 0 bridgehead atoms. The number of fused-ring (bicyclic) bond motifs is 1. The molecule has 1 aromatic carbocycles. The molecule has 0 spiro atoms. The van der Waals surface area contributed by atoms with E-state index in [0.717, 1.165) is 17.8 Å². The molecular formula is C26H34F2N5O8P. The Kier molecular flexibility index (Phi) is 9.19. The second-order valence-electron chi connectivity index (χ2n) is 10.2. The number of aliphatic hydroxyl groups excluding tert-OH is 1. The molecule has 230 valence electrons. The minimum absolute atomic E-state index is 0.0665. The van der Waals surface area contributed by atoms with E-state index in [9.17, 15) is 14.5 Å². The van der Waals surface area contributed by atoms with Gasteiger partial charge in [0.25, 0.3) is 5.85 Å². The van der Waals surface area contributed by atoms with Gasteiger partial charge in [0.05, 0.1) is 19.0 Å². The summed E-state index contributed by atoms with van der Waals surface area (Å²) in [5.41, 5.74) is -2.49. The first-order valence-corrected chi connectivity index (χ1v) is 14.8. The highest BCUT2D eigenvalue weighted by Gasteiger charge is 2.65. The van der Waals surface area contributed by atoms with Gasteiger partial charge < -0.3 is 23.8 Å². The standard InChI is InChI=1S/C26H34F2N5O8P/c1-7-37-21-19-20(30-17(5)31-21)33(14-29-19)24-25(6,27)23(35)26(28,40-24)13-38-42(36,41-18-11-9-8-10-12-18)32-16(4)22(34)39-15(2)3/h8-12,14-16,23-24,35H,7,13H2,1-6H3,(H,32,36)/t16-,23-,24+,25+,26+,42?/m0/s1. The number of benzene rings is 1. The maximum Gasteiger partial charge on any atom is 0.459 e. The van der Waals surface area contributed by atoms with Gasteiger partial charge in [-0.1, -0.05) is 18.2 Å². The van der Waals surface area contributed by atoms with Crippen LogP contribution in [0.3, 0.4) is 0 Å². The monoisotopic (exact) mass is 613 g/mol. The second-order valence-corrected chi connectivity index (χ2v) is 11.8. The Labute approximate surface area is 241 Å². The van der Waals surface area contributed by atoms with Crippen LogP contribution in [0.1, 0.15) is 46.7 Å². The summed E-state index contributed by atoms with van der Waals surface area (Å²) in [6.45, 7) is 7.90. The van der Waals surface area contributed by atoms with Gasteiger partial charge in [0.1, 0.15) is 24.2 Å². The van der Waals surface area contributed by atoms with Crippen LogP contribution in [0.2, 0.25) is 0 Å². The average molecular weight is 614 g/mol. The Morgan fingerprint density at radius 1 is 1.24 bits per heavy atom. The first-order chi connectivity index (χ1) is 19.7. The van der Waals surface area contributed by atoms with Crippen molar-refractivity contribution < 1.29 is 46.5 Å². The lowest BCUT2D eigenvalue weighted by Crippen LogP contribution is -2.47. The smallest absolute Gasteiger partial charge is 0.459 e. The lowest BCUT2D eigenvalue weighted by atomic mass is 9.97. The fourth-order valence-electron chi connectivity index (χ4n) is 4.27. The van der Waals surface area contributed by atoms with Crippen molar-refractivity contribution in [3.8, 4) is 11.6 Å². The molecule has 42 heavy (non-hydrogen) atoms. The number of nitrogens with zero attached hydrogens (tertiary/aromatic N) is 4. The molecule has 3 aromatic rings. The van der Waals surface area contributed by atoms with Crippen molar-refractivity contribution in [2.75, 3.05) is 13.2 Å². The van der Waals surface area contributed by atoms with E-state index in [1.807, 2.05) is 0 Å². The first kappa shape index (κ1) is 31.7. The highest BCUT2D eigenvalue weighted by atomic mass is 31.2. The number of hydrogen-bond acceptors (Lipinski definition) is 11. The number of nitrogens with one attached hydrogen (secondary N) is 1. The number of hydrogen-bond donors (Lipinski definition) is 2. The summed E-state index contributed by atoms with van der Waals surface area (Å²) in [4.78, 5) is 25.0. The molecule has 1 aliphatic heterocycles. The molecule has 13 nitrogen and oxygen atoms in total. The maximum absolute atomic E-state index is 16.2. The zero-order valence-electron chi connectivity index (χ0n) is 24.0. The van der Waals surface area contributed by atoms with Crippen molar-refractivity contribution in [3.05, 3.63) is 42.5 Å². The van der Waals surface area contributed by atoms with Crippen molar-refractivity contribution in [1.82, 2.24) is 24.6 Å². The first-order valence-electron chi connectivity index (χ1n) is 13.2. The molecule has 1 saturated heterocycles. The summed E-state index contributed by atoms with van der Waals surface area (Å²) < 4.78 is 74.0. The Morgan fingerprint density at radius 2 is 1.93 bits per heavy atom. The van der Waals surface area contributed by atoms with E-state index >= 15 is 8.78 Å². The molecule has 1 fully saturated rings. The molecule has 0 amide bonds. The topological polar surface area (TPSA) is 156 Å². The Balaban J connectivity index is 1.61. The number of esters is 1. The second kappa shape index (κ2) is 12.2. The number of carbonyl (C=O) groups is 1. The zero-order valence-corrected chi connectivity index (χ0v) is 24.9. The van der Waals surface area contributed by atoms with Crippen molar-refractivity contribution >= 4 is 24.9 Å². The van der Waals surface area contributed by atoms with Gasteiger partial charge in [-0.25, -0.2) is 23.3 Å². The number of halogens is 2. The van der Waals surface area contributed by atoms with Gasteiger partial charge >= 0.3 is 13.7 Å². The summed E-state index contributed by atoms with van der Waals surface area (Å²) in [7, 11) is -4.56. The van der Waals surface area contributed by atoms with E-state index in [-0.39, 0.29) is 35.2 Å². The van der Waals surface area contributed by atoms with Crippen molar-refractivity contribution in [3.63, 3.8) is 0 Å². The fourth-order valence-corrected chi connectivity index (χ4v) is 5.78. The van der Waals surface area contributed by atoms with E-state index in [1.165, 1.54) is 19.1 Å². The van der Waals surface area contributed by atoms with Crippen LogP contribution in [0, 0.1) is 6.92 Å². The van der Waals surface area contributed by atoms with Gasteiger partial charge in [0, 0.05) is 0 Å². The SMILES string of the molecule is CCOc1nc(C)nc2c1ncn2[C@@H]1O[C@](F)(COP(=O)(N[C@@H](C)C(=O)OC(C)C)Oc2ccccc2)[C@@H](O)[C@@]1(C)F. The van der Waals surface area contributed by atoms with Gasteiger partial charge in [-0.2, -0.15) is 10.1 Å². The molecule has 2 N–H and O–H groups in total. The predicted octanol–water partition coefficient (Wildman–Crippen LogP) is 3.95. The van der Waals surface area contributed by atoms with Crippen LogP contribution < -0.4 is 14.3 Å². The van der Waals surface area contributed by atoms with Gasteiger partial charge in [0.15, 0.2) is 29.2 Å². The Hall–Kier alpha value is -3.23. The highest BCUT2D eigenvalue weighted by Crippen LogP contribution is 2.52. The number of ether oxygens (including phenoxy) is 3. The molecule has 0 aliphatic carbocycles. The van der Waals surface area contributed by atoms with E-state index < -0.39 is 56.3 Å².